The second-order valence-electron chi connectivity index (χ2n) is 29.0. The number of aliphatic hydroxyl groups is 4. The number of hydrogen-bond donors (Lipinski definition) is 4. The third-order valence-corrected chi connectivity index (χ3v) is 24.0. The van der Waals surface area contributed by atoms with Gasteiger partial charge in [-0.15, -0.1) is 0 Å². The van der Waals surface area contributed by atoms with Crippen LogP contribution in [0.5, 0.6) is 0 Å². The van der Waals surface area contributed by atoms with Gasteiger partial charge in [0.05, 0.1) is 18.3 Å². The molecule has 4 aliphatic carbocycles. The molecular formula is C92H118O4. The summed E-state index contributed by atoms with van der Waals surface area (Å²) in [7, 11) is 0. The van der Waals surface area contributed by atoms with Crippen molar-refractivity contribution in [3.05, 3.63) is 291 Å². The van der Waals surface area contributed by atoms with Gasteiger partial charge in [-0.3, -0.25) is 0 Å². The first-order valence-electron chi connectivity index (χ1n) is 37.9. The lowest BCUT2D eigenvalue weighted by molar-refractivity contribution is -0.00163. The van der Waals surface area contributed by atoms with E-state index in [-0.39, 0.29) is 57.7 Å². The molecule has 510 valence electrons. The van der Waals surface area contributed by atoms with Gasteiger partial charge in [-0.1, -0.05) is 325 Å². The van der Waals surface area contributed by atoms with E-state index in [4.69, 9.17) is 0 Å². The van der Waals surface area contributed by atoms with Crippen molar-refractivity contribution >= 4 is 5.57 Å². The molecule has 0 aliphatic heterocycles. The third kappa shape index (κ3) is 16.7. The summed E-state index contributed by atoms with van der Waals surface area (Å²) in [5.41, 5.74) is 16.6. The highest BCUT2D eigenvalue weighted by atomic mass is 16.3. The molecule has 0 saturated heterocycles. The van der Waals surface area contributed by atoms with Crippen LogP contribution in [0.1, 0.15) is 268 Å². The molecule has 4 aliphatic rings. The van der Waals surface area contributed by atoms with E-state index >= 15 is 0 Å². The first-order chi connectivity index (χ1) is 46.9. The molecular weight excluding hydrogens is 1170 g/mol. The summed E-state index contributed by atoms with van der Waals surface area (Å²) in [4.78, 5) is 0. The van der Waals surface area contributed by atoms with Crippen LogP contribution in [0, 0.1) is 21.7 Å². The Bertz CT molecular complexity index is 3340. The maximum Gasteiger partial charge on any atom is 0.107 e. The van der Waals surface area contributed by atoms with Gasteiger partial charge in [0.1, 0.15) is 5.76 Å². The molecule has 4 heteroatoms. The van der Waals surface area contributed by atoms with Crippen LogP contribution in [0.4, 0.5) is 0 Å². The maximum absolute atomic E-state index is 11.6. The number of aryl methyl sites for hydroxylation is 4. The highest BCUT2D eigenvalue weighted by molar-refractivity contribution is 5.84. The van der Waals surface area contributed by atoms with Crippen LogP contribution >= 0.6 is 0 Å². The van der Waals surface area contributed by atoms with Gasteiger partial charge in [-0.2, -0.15) is 0 Å². The van der Waals surface area contributed by atoms with Crippen molar-refractivity contribution in [1.29, 1.82) is 0 Å². The average Bonchev–Trinajstić information content (AvgIpc) is 1.66. The van der Waals surface area contributed by atoms with Gasteiger partial charge in [-0.05, 0) is 186 Å². The Balaban J connectivity index is 0.000000150. The summed E-state index contributed by atoms with van der Waals surface area (Å²) in [6.45, 7) is 18.0. The Morgan fingerprint density at radius 1 is 0.312 bits per heavy atom. The van der Waals surface area contributed by atoms with Crippen molar-refractivity contribution < 1.29 is 20.4 Å². The minimum absolute atomic E-state index is 0.0234. The lowest BCUT2D eigenvalue weighted by Gasteiger charge is -2.40. The normalized spacial score (nSPS) is 25.1. The molecule has 4 N–H and O–H groups in total. The number of fused-ring (bicyclic) bond motifs is 4. The quantitative estimate of drug-likeness (QED) is 0.0573. The minimum Gasteiger partial charge on any atom is -0.511 e. The summed E-state index contributed by atoms with van der Waals surface area (Å²) in [6, 6.07) is 77.0. The Morgan fingerprint density at radius 3 is 0.938 bits per heavy atom. The molecule has 12 rings (SSSR count). The summed E-state index contributed by atoms with van der Waals surface area (Å²) in [5, 5.41) is 46.2. The van der Waals surface area contributed by atoms with E-state index in [9.17, 15) is 20.4 Å². The van der Waals surface area contributed by atoms with Crippen LogP contribution in [-0.4, -0.2) is 38.7 Å². The second-order valence-corrected chi connectivity index (χ2v) is 29.0. The molecule has 0 unspecified atom stereocenters. The van der Waals surface area contributed by atoms with Crippen LogP contribution in [0.2, 0.25) is 0 Å². The van der Waals surface area contributed by atoms with E-state index in [0.717, 1.165) is 120 Å². The summed E-state index contributed by atoms with van der Waals surface area (Å²) < 4.78 is 0. The number of rotatable bonds is 20. The molecule has 0 aromatic heterocycles. The second kappa shape index (κ2) is 35.6. The molecule has 8 aromatic carbocycles. The van der Waals surface area contributed by atoms with Crippen molar-refractivity contribution in [3.8, 4) is 0 Å². The fourth-order valence-corrected chi connectivity index (χ4v) is 17.6. The minimum atomic E-state index is -0.319. The van der Waals surface area contributed by atoms with Crippen molar-refractivity contribution in [2.75, 3.05) is 0 Å². The van der Waals surface area contributed by atoms with Gasteiger partial charge >= 0.3 is 0 Å². The topological polar surface area (TPSA) is 80.9 Å². The molecule has 0 saturated carbocycles. The lowest BCUT2D eigenvalue weighted by Crippen LogP contribution is -2.38. The van der Waals surface area contributed by atoms with Gasteiger partial charge in [0.25, 0.3) is 0 Å². The number of benzene rings is 8. The predicted octanol–water partition coefficient (Wildman–Crippen LogP) is 23.7. The van der Waals surface area contributed by atoms with Gasteiger partial charge in [0.15, 0.2) is 0 Å². The van der Waals surface area contributed by atoms with Gasteiger partial charge in [0, 0.05) is 28.7 Å². The molecule has 96 heavy (non-hydrogen) atoms. The van der Waals surface area contributed by atoms with Crippen LogP contribution in [0.25, 0.3) is 5.57 Å². The number of hydrogen-bond acceptors (Lipinski definition) is 4. The van der Waals surface area contributed by atoms with Crippen molar-refractivity contribution in [3.63, 3.8) is 0 Å². The van der Waals surface area contributed by atoms with Crippen LogP contribution in [0.15, 0.2) is 224 Å². The molecule has 0 spiro atoms. The standard InChI is InChI=1S/3C23H30O.C23H28O/c4*1-3-5-16-23(4-2)17-15-18-11-9-10-14-20(18)21(22(23)24)19-12-7-6-8-13-19/h3*6-14,21-22,24H,3-5,15-17H2,1-2H3;6-14,24H,3-5,15-17H2,1-2H3/t21-,22+,23+;21-,22-,23+;21-,22-,23-;23-/m0011/s1. The Kier molecular flexibility index (Phi) is 27.2. The summed E-state index contributed by atoms with van der Waals surface area (Å²) in [5.74, 6) is 0.861. The smallest absolute Gasteiger partial charge is 0.107 e. The first-order valence-corrected chi connectivity index (χ1v) is 37.9. The largest absolute Gasteiger partial charge is 0.511 e. The molecule has 0 heterocycles. The van der Waals surface area contributed by atoms with E-state index < -0.39 is 0 Å². The molecule has 0 amide bonds. The zero-order valence-corrected chi connectivity index (χ0v) is 60.0. The molecule has 10 atom stereocenters. The van der Waals surface area contributed by atoms with E-state index in [1.54, 1.807) is 0 Å². The van der Waals surface area contributed by atoms with Gasteiger partial charge in [-0.25, -0.2) is 0 Å². The summed E-state index contributed by atoms with van der Waals surface area (Å²) >= 11 is 0. The van der Waals surface area contributed by atoms with Crippen molar-refractivity contribution in [1.82, 2.24) is 0 Å². The van der Waals surface area contributed by atoms with Crippen LogP contribution < -0.4 is 0 Å². The zero-order chi connectivity index (χ0) is 68.0. The Labute approximate surface area is 580 Å². The zero-order valence-electron chi connectivity index (χ0n) is 60.0. The number of allylic oxidation sites excluding steroid dienone is 1. The first kappa shape index (κ1) is 73.4. The highest BCUT2D eigenvalue weighted by Crippen LogP contribution is 2.53. The summed E-state index contributed by atoms with van der Waals surface area (Å²) in [6.07, 6.45) is 25.7. The molecule has 0 fully saturated rings. The fraction of sp³-hybridized carbons (Fsp3) is 0.457. The molecule has 0 radical (unpaired) electrons. The van der Waals surface area contributed by atoms with Gasteiger partial charge < -0.3 is 20.4 Å². The molecule has 4 nitrogen and oxygen atoms in total. The molecule has 8 aromatic rings. The predicted molar refractivity (Wildman–Crippen MR) is 406 cm³/mol. The fourth-order valence-electron chi connectivity index (χ4n) is 17.6. The maximum atomic E-state index is 11.6. The van der Waals surface area contributed by atoms with Crippen molar-refractivity contribution in [2.24, 2.45) is 21.7 Å². The monoisotopic (exact) mass is 1290 g/mol. The average molecular weight is 1290 g/mol. The lowest BCUT2D eigenvalue weighted by atomic mass is 9.67. The van der Waals surface area contributed by atoms with Crippen molar-refractivity contribution in [2.45, 2.75) is 246 Å². The molecule has 0 bridgehead atoms. The van der Waals surface area contributed by atoms with Crippen LogP contribution in [0.3, 0.4) is 0 Å². The van der Waals surface area contributed by atoms with E-state index in [2.05, 4.69) is 268 Å². The number of unbranched alkanes of at least 4 members (excludes halogenated alkanes) is 4. The number of aliphatic hydroxyl groups excluding tert-OH is 4. The van der Waals surface area contributed by atoms with E-state index in [1.165, 1.54) is 106 Å². The van der Waals surface area contributed by atoms with E-state index in [1.807, 2.05) is 6.07 Å². The van der Waals surface area contributed by atoms with Crippen LogP contribution in [-0.2, 0) is 25.7 Å². The van der Waals surface area contributed by atoms with Gasteiger partial charge in [0.2, 0.25) is 0 Å². The highest BCUT2D eigenvalue weighted by Gasteiger charge is 2.47. The SMILES string of the molecule is CCCC[C@]1(CC)CCc2ccccc2C(c2ccccc2)=C1O.CCCC[C@]1(CC)CCc2ccccc2[C@@H](c2ccccc2)[C@H]1O.CCCC[C@]1(CC)CCc2ccccc2[C@H](c2ccccc2)[C@@H]1O.CCCC[C@]1(CC)CCc2ccccc2[C@H](c2ccccc2)[C@H]1O. The Morgan fingerprint density at radius 2 is 0.604 bits per heavy atom. The Hall–Kier alpha value is -6.82. The third-order valence-electron chi connectivity index (χ3n) is 24.0. The van der Waals surface area contributed by atoms with E-state index in [0.29, 0.717) is 5.76 Å².